The van der Waals surface area contributed by atoms with Crippen LogP contribution in [0.3, 0.4) is 0 Å². The summed E-state index contributed by atoms with van der Waals surface area (Å²) in [6.07, 6.45) is -3.97. The number of nitrogens with one attached hydrogen (secondary N) is 1. The Labute approximate surface area is 150 Å². The molecule has 2 aromatic heterocycles. The van der Waals surface area contributed by atoms with E-state index < -0.39 is 23.9 Å². The molecule has 1 aliphatic heterocycles. The number of amides is 1. The fourth-order valence-corrected chi connectivity index (χ4v) is 2.73. The molecule has 1 atom stereocenters. The molecule has 1 aliphatic rings. The summed E-state index contributed by atoms with van der Waals surface area (Å²) in [4.78, 5) is 16.9. The van der Waals surface area contributed by atoms with E-state index in [1.165, 1.54) is 10.9 Å². The number of alkyl halides is 3. The minimum absolute atomic E-state index is 0.0430. The third-order valence-corrected chi connectivity index (χ3v) is 4.04. The van der Waals surface area contributed by atoms with Gasteiger partial charge in [0.2, 0.25) is 0 Å². The van der Waals surface area contributed by atoms with Crippen LogP contribution in [-0.2, 0) is 6.18 Å². The van der Waals surface area contributed by atoms with E-state index in [1.807, 2.05) is 0 Å². The molecule has 0 spiro atoms. The van der Waals surface area contributed by atoms with Gasteiger partial charge < -0.3 is 10.1 Å². The van der Waals surface area contributed by atoms with Crippen molar-refractivity contribution in [2.24, 2.45) is 0 Å². The summed E-state index contributed by atoms with van der Waals surface area (Å²) in [5, 5.41) is 10.4. The molecule has 3 heterocycles. The first-order valence-corrected chi connectivity index (χ1v) is 7.89. The molecule has 7 nitrogen and oxygen atoms in total. The smallest absolute Gasteiger partial charge is 0.416 e. The Morgan fingerprint density at radius 1 is 1.22 bits per heavy atom. The van der Waals surface area contributed by atoms with Crippen molar-refractivity contribution < 1.29 is 22.7 Å². The summed E-state index contributed by atoms with van der Waals surface area (Å²) in [6.45, 7) is 1.61. The molecule has 0 aliphatic carbocycles. The molecule has 1 aromatic carbocycles. The SMILES string of the molecule is CC1Oc2cc(C(F)(F)F)ccc2C(=O)Nc2cccc(n2)-c2nncn21. The molecule has 1 N–H and O–H groups in total. The maximum atomic E-state index is 13.1. The molecule has 1 amide bonds. The number of pyridine rings is 1. The van der Waals surface area contributed by atoms with Crippen molar-refractivity contribution in [1.82, 2.24) is 19.7 Å². The molecular weight excluding hydrogens is 363 g/mol. The second-order valence-electron chi connectivity index (χ2n) is 5.85. The highest BCUT2D eigenvalue weighted by Gasteiger charge is 2.32. The van der Waals surface area contributed by atoms with Crippen LogP contribution in [0.4, 0.5) is 19.0 Å². The minimum atomic E-state index is -4.57. The van der Waals surface area contributed by atoms with Gasteiger partial charge in [-0.05, 0) is 37.3 Å². The zero-order valence-electron chi connectivity index (χ0n) is 13.9. The Balaban J connectivity index is 1.89. The molecule has 27 heavy (non-hydrogen) atoms. The largest absolute Gasteiger partial charge is 0.470 e. The van der Waals surface area contributed by atoms with Crippen LogP contribution in [0.2, 0.25) is 0 Å². The van der Waals surface area contributed by atoms with Crippen LogP contribution in [0.15, 0.2) is 42.7 Å². The highest BCUT2D eigenvalue weighted by atomic mass is 19.4. The molecule has 4 rings (SSSR count). The van der Waals surface area contributed by atoms with Crippen LogP contribution in [0, 0.1) is 0 Å². The summed E-state index contributed by atoms with van der Waals surface area (Å²) < 4.78 is 46.5. The third-order valence-electron chi connectivity index (χ3n) is 4.04. The van der Waals surface area contributed by atoms with Crippen LogP contribution in [0.1, 0.15) is 29.1 Å². The van der Waals surface area contributed by atoms with Crippen LogP contribution in [0.5, 0.6) is 5.75 Å². The fourth-order valence-electron chi connectivity index (χ4n) is 2.73. The first kappa shape index (κ1) is 17.0. The second kappa shape index (κ2) is 6.08. The van der Waals surface area contributed by atoms with Gasteiger partial charge in [-0.3, -0.25) is 9.36 Å². The molecule has 0 fully saturated rings. The molecule has 3 aromatic rings. The standard InChI is InChI=1S/C17H12F3N5O2/c1-9-25-8-21-24-15(25)12-3-2-4-14(22-12)23-16(26)11-6-5-10(17(18,19)20)7-13(11)27-9/h2-9H,1H3,(H,22,23,26). The molecule has 1 unspecified atom stereocenters. The Hall–Kier alpha value is -3.43. The van der Waals surface area contributed by atoms with Gasteiger partial charge in [0.15, 0.2) is 12.1 Å². The minimum Gasteiger partial charge on any atom is -0.470 e. The number of benzene rings is 1. The van der Waals surface area contributed by atoms with Crippen molar-refractivity contribution in [3.63, 3.8) is 0 Å². The Morgan fingerprint density at radius 2 is 2.04 bits per heavy atom. The van der Waals surface area contributed by atoms with Crippen molar-refractivity contribution in [3.8, 4) is 17.3 Å². The lowest BCUT2D eigenvalue weighted by Gasteiger charge is -2.19. The number of hydrogen-bond acceptors (Lipinski definition) is 5. The van der Waals surface area contributed by atoms with Gasteiger partial charge in [-0.15, -0.1) is 10.2 Å². The van der Waals surface area contributed by atoms with E-state index in [2.05, 4.69) is 20.5 Å². The Bertz CT molecular complexity index is 1030. The van der Waals surface area contributed by atoms with E-state index in [9.17, 15) is 18.0 Å². The summed E-state index contributed by atoms with van der Waals surface area (Å²) in [6, 6.07) is 7.63. The Kier molecular flexibility index (Phi) is 3.83. The number of carbonyl (C=O) groups is 1. The van der Waals surface area contributed by atoms with E-state index in [4.69, 9.17) is 4.74 Å². The van der Waals surface area contributed by atoms with Gasteiger partial charge in [0, 0.05) is 0 Å². The van der Waals surface area contributed by atoms with Crippen LogP contribution < -0.4 is 10.1 Å². The lowest BCUT2D eigenvalue weighted by atomic mass is 10.1. The lowest BCUT2D eigenvalue weighted by Crippen LogP contribution is -2.17. The molecule has 0 saturated heterocycles. The number of anilines is 1. The average Bonchev–Trinajstić information content (AvgIpc) is 3.10. The van der Waals surface area contributed by atoms with E-state index in [0.29, 0.717) is 11.5 Å². The van der Waals surface area contributed by atoms with Gasteiger partial charge in [0.1, 0.15) is 23.6 Å². The predicted molar refractivity (Wildman–Crippen MR) is 88.0 cm³/mol. The number of ether oxygens (including phenoxy) is 1. The summed E-state index contributed by atoms with van der Waals surface area (Å²) in [7, 11) is 0. The van der Waals surface area contributed by atoms with Gasteiger partial charge in [-0.1, -0.05) is 6.07 Å². The number of halogens is 3. The summed E-state index contributed by atoms with van der Waals surface area (Å²) in [5.41, 5.74) is -0.528. The predicted octanol–water partition coefficient (Wildman–Crippen LogP) is 3.52. The highest BCUT2D eigenvalue weighted by Crippen LogP contribution is 2.35. The third kappa shape index (κ3) is 3.09. The van der Waals surface area contributed by atoms with E-state index in [-0.39, 0.29) is 17.1 Å². The second-order valence-corrected chi connectivity index (χ2v) is 5.85. The molecular formula is C17H12F3N5O2. The van der Waals surface area contributed by atoms with Gasteiger partial charge >= 0.3 is 6.18 Å². The van der Waals surface area contributed by atoms with Gasteiger partial charge in [0.25, 0.3) is 5.91 Å². The molecule has 138 valence electrons. The van der Waals surface area contributed by atoms with E-state index in [0.717, 1.165) is 18.2 Å². The molecule has 2 bridgehead atoms. The van der Waals surface area contributed by atoms with E-state index >= 15 is 0 Å². The maximum Gasteiger partial charge on any atom is 0.416 e. The number of hydrogen-bond donors (Lipinski definition) is 1. The normalized spacial score (nSPS) is 16.4. The zero-order valence-corrected chi connectivity index (χ0v) is 13.9. The molecule has 0 saturated carbocycles. The van der Waals surface area contributed by atoms with Gasteiger partial charge in [0.05, 0.1) is 11.1 Å². The topological polar surface area (TPSA) is 81.9 Å². The quantitative estimate of drug-likeness (QED) is 0.650. The zero-order chi connectivity index (χ0) is 19.2. The first-order chi connectivity index (χ1) is 12.8. The molecule has 0 radical (unpaired) electrons. The number of carbonyl (C=O) groups excluding carboxylic acids is 1. The van der Waals surface area contributed by atoms with Gasteiger partial charge in [-0.2, -0.15) is 13.2 Å². The molecule has 10 heteroatoms. The van der Waals surface area contributed by atoms with Crippen molar-refractivity contribution in [2.45, 2.75) is 19.3 Å². The average molecular weight is 375 g/mol. The van der Waals surface area contributed by atoms with Crippen molar-refractivity contribution in [3.05, 3.63) is 53.9 Å². The monoisotopic (exact) mass is 375 g/mol. The number of nitrogens with zero attached hydrogens (tertiary/aromatic N) is 4. The van der Waals surface area contributed by atoms with Crippen LogP contribution in [0.25, 0.3) is 11.5 Å². The number of aromatic nitrogens is 4. The van der Waals surface area contributed by atoms with Crippen molar-refractivity contribution in [1.29, 1.82) is 0 Å². The summed E-state index contributed by atoms with van der Waals surface area (Å²) >= 11 is 0. The van der Waals surface area contributed by atoms with E-state index in [1.54, 1.807) is 25.1 Å². The maximum absolute atomic E-state index is 13.1. The first-order valence-electron chi connectivity index (χ1n) is 7.89. The lowest BCUT2D eigenvalue weighted by molar-refractivity contribution is -0.137. The Morgan fingerprint density at radius 3 is 2.81 bits per heavy atom. The van der Waals surface area contributed by atoms with Crippen molar-refractivity contribution >= 4 is 11.7 Å². The van der Waals surface area contributed by atoms with Crippen LogP contribution >= 0.6 is 0 Å². The highest BCUT2D eigenvalue weighted by molar-refractivity contribution is 6.05. The van der Waals surface area contributed by atoms with Crippen molar-refractivity contribution in [2.75, 3.05) is 5.32 Å². The summed E-state index contributed by atoms with van der Waals surface area (Å²) in [5.74, 6) is -0.251. The fraction of sp³-hybridized carbons (Fsp3) is 0.176. The number of rotatable bonds is 0. The number of fused-ring (bicyclic) bond motifs is 5. The van der Waals surface area contributed by atoms with Crippen LogP contribution in [-0.4, -0.2) is 25.7 Å². The van der Waals surface area contributed by atoms with Gasteiger partial charge in [-0.25, -0.2) is 4.98 Å².